The van der Waals surface area contributed by atoms with E-state index in [0.717, 1.165) is 0 Å². The van der Waals surface area contributed by atoms with E-state index in [1.807, 2.05) is 0 Å². The van der Waals surface area contributed by atoms with Crippen LogP contribution in [0.2, 0.25) is 0 Å². The highest BCUT2D eigenvalue weighted by Crippen LogP contribution is 2.20. The van der Waals surface area contributed by atoms with Crippen LogP contribution in [0.4, 0.5) is 5.69 Å². The number of anilines is 1. The molecule has 16 heavy (non-hydrogen) atoms. The molecule has 0 aliphatic rings. The van der Waals surface area contributed by atoms with Gasteiger partial charge in [-0.25, -0.2) is 18.1 Å². The fraction of sp³-hybridized carbons (Fsp3) is 0.400. The van der Waals surface area contributed by atoms with Crippen molar-refractivity contribution in [3.05, 3.63) is 24.3 Å². The highest BCUT2D eigenvalue weighted by Gasteiger charge is 2.16. The predicted molar refractivity (Wildman–Crippen MR) is 64.6 cm³/mol. The number of sulfonamides is 1. The molecule has 0 aromatic heterocycles. The molecule has 0 saturated carbocycles. The second kappa shape index (κ2) is 5.29. The van der Waals surface area contributed by atoms with E-state index < -0.39 is 10.0 Å². The summed E-state index contributed by atoms with van der Waals surface area (Å²) in [4.78, 5) is 0.255. The van der Waals surface area contributed by atoms with E-state index in [-0.39, 0.29) is 4.90 Å². The normalized spacial score (nSPS) is 11.8. The molecule has 5 nitrogen and oxygen atoms in total. The molecule has 1 aromatic rings. The summed E-state index contributed by atoms with van der Waals surface area (Å²) in [6, 6.07) is 6.79. The van der Waals surface area contributed by atoms with Crippen molar-refractivity contribution in [3.63, 3.8) is 0 Å². The van der Waals surface area contributed by atoms with Gasteiger partial charge in [0.15, 0.2) is 0 Å². The van der Waals surface area contributed by atoms with E-state index in [1.54, 1.807) is 50.3 Å². The van der Waals surface area contributed by atoms with Gasteiger partial charge in [0.25, 0.3) is 0 Å². The first-order valence-corrected chi connectivity index (χ1v) is 6.48. The zero-order chi connectivity index (χ0) is 12.2. The van der Waals surface area contributed by atoms with Crippen LogP contribution in [0.15, 0.2) is 29.2 Å². The van der Waals surface area contributed by atoms with E-state index in [9.17, 15) is 8.42 Å². The number of hydrogen-bond acceptors (Lipinski definition) is 4. The van der Waals surface area contributed by atoms with Gasteiger partial charge in [-0.2, -0.15) is 0 Å². The Morgan fingerprint density at radius 3 is 2.44 bits per heavy atom. The van der Waals surface area contributed by atoms with Gasteiger partial charge < -0.3 is 5.43 Å². The molecule has 0 fully saturated rings. The van der Waals surface area contributed by atoms with Crippen LogP contribution in [-0.4, -0.2) is 34.1 Å². The number of para-hydroxylation sites is 1. The highest BCUT2D eigenvalue weighted by molar-refractivity contribution is 7.89. The molecule has 0 spiro atoms. The van der Waals surface area contributed by atoms with Gasteiger partial charge in [-0.05, 0) is 12.1 Å². The second-order valence-electron chi connectivity index (χ2n) is 3.50. The zero-order valence-corrected chi connectivity index (χ0v) is 10.5. The maximum Gasteiger partial charge on any atom is 0.242 e. The molecule has 0 radical (unpaired) electrons. The van der Waals surface area contributed by atoms with Crippen LogP contribution in [-0.2, 0) is 10.0 Å². The Hall–Kier alpha value is -1.11. The lowest BCUT2D eigenvalue weighted by atomic mass is 10.3. The molecule has 0 aliphatic heterocycles. The molecule has 0 heterocycles. The Morgan fingerprint density at radius 2 is 1.88 bits per heavy atom. The summed E-state index contributed by atoms with van der Waals surface area (Å²) >= 11 is 0. The Labute approximate surface area is 96.5 Å². The molecule has 0 bridgehead atoms. The third-order valence-corrected chi connectivity index (χ3v) is 3.46. The lowest BCUT2D eigenvalue weighted by Gasteiger charge is -2.16. The van der Waals surface area contributed by atoms with Gasteiger partial charge in [0.1, 0.15) is 4.90 Å². The molecular formula is C10H17N3O2S. The molecule has 0 unspecified atom stereocenters. The summed E-state index contributed by atoms with van der Waals surface area (Å²) in [5.74, 6) is 0. The average Bonchev–Trinajstić information content (AvgIpc) is 2.17. The molecule has 0 amide bonds. The van der Waals surface area contributed by atoms with E-state index in [4.69, 9.17) is 0 Å². The Morgan fingerprint density at radius 1 is 1.25 bits per heavy atom. The monoisotopic (exact) mass is 243 g/mol. The minimum Gasteiger partial charge on any atom is -0.318 e. The number of rotatable bonds is 5. The van der Waals surface area contributed by atoms with Gasteiger partial charge in [0.2, 0.25) is 10.0 Å². The molecule has 6 heteroatoms. The standard InChI is InChI=1S/C10H17N3O2S/c1-4-11-16(14,15)10-8-6-5-7-9(10)12-13(2)3/h5-8,11-12H,4H2,1-3H3. The molecule has 1 rings (SSSR count). The minimum atomic E-state index is -3.43. The van der Waals surface area contributed by atoms with Crippen molar-refractivity contribution >= 4 is 15.7 Å². The predicted octanol–water partition coefficient (Wildman–Crippen LogP) is 0.873. The number of hydrogen-bond donors (Lipinski definition) is 2. The van der Waals surface area contributed by atoms with Crippen molar-refractivity contribution < 1.29 is 8.42 Å². The molecule has 2 N–H and O–H groups in total. The topological polar surface area (TPSA) is 61.4 Å². The molecule has 90 valence electrons. The van der Waals surface area contributed by atoms with Crippen LogP contribution in [0.3, 0.4) is 0 Å². The van der Waals surface area contributed by atoms with Crippen LogP contribution >= 0.6 is 0 Å². The van der Waals surface area contributed by atoms with E-state index in [0.29, 0.717) is 12.2 Å². The fourth-order valence-electron chi connectivity index (χ4n) is 1.30. The minimum absolute atomic E-state index is 0.255. The van der Waals surface area contributed by atoms with Crippen molar-refractivity contribution in [2.75, 3.05) is 26.1 Å². The van der Waals surface area contributed by atoms with Gasteiger partial charge >= 0.3 is 0 Å². The maximum absolute atomic E-state index is 11.9. The summed E-state index contributed by atoms with van der Waals surface area (Å²) in [6.07, 6.45) is 0. The lowest BCUT2D eigenvalue weighted by molar-refractivity contribution is 0.493. The van der Waals surface area contributed by atoms with E-state index in [1.165, 1.54) is 0 Å². The molecule has 0 atom stereocenters. The quantitative estimate of drug-likeness (QED) is 0.753. The molecule has 0 aliphatic carbocycles. The summed E-state index contributed by atoms with van der Waals surface area (Å²) < 4.78 is 26.2. The number of nitrogens with one attached hydrogen (secondary N) is 2. The summed E-state index contributed by atoms with van der Waals surface area (Å²) in [7, 11) is 0.179. The third kappa shape index (κ3) is 3.19. The van der Waals surface area contributed by atoms with Gasteiger partial charge in [-0.1, -0.05) is 19.1 Å². The Kier molecular flexibility index (Phi) is 4.28. The molecule has 1 aromatic carbocycles. The first-order valence-electron chi connectivity index (χ1n) is 5.00. The zero-order valence-electron chi connectivity index (χ0n) is 9.69. The van der Waals surface area contributed by atoms with Crippen molar-refractivity contribution in [3.8, 4) is 0 Å². The SMILES string of the molecule is CCNS(=O)(=O)c1ccccc1NN(C)C. The fourth-order valence-corrected chi connectivity index (χ4v) is 2.50. The van der Waals surface area contributed by atoms with Crippen molar-refractivity contribution in [1.82, 2.24) is 9.73 Å². The third-order valence-electron chi connectivity index (χ3n) is 1.85. The van der Waals surface area contributed by atoms with Gasteiger partial charge in [-0.3, -0.25) is 0 Å². The Bertz CT molecular complexity index is 443. The van der Waals surface area contributed by atoms with Crippen LogP contribution in [0.5, 0.6) is 0 Å². The number of benzene rings is 1. The van der Waals surface area contributed by atoms with Crippen LogP contribution in [0.25, 0.3) is 0 Å². The molecule has 0 saturated heterocycles. The van der Waals surface area contributed by atoms with Crippen molar-refractivity contribution in [2.45, 2.75) is 11.8 Å². The number of nitrogens with zero attached hydrogens (tertiary/aromatic N) is 1. The van der Waals surface area contributed by atoms with Crippen LogP contribution in [0.1, 0.15) is 6.92 Å². The first kappa shape index (κ1) is 13.0. The van der Waals surface area contributed by atoms with Gasteiger partial charge in [0, 0.05) is 20.6 Å². The van der Waals surface area contributed by atoms with Gasteiger partial charge in [0.05, 0.1) is 5.69 Å². The van der Waals surface area contributed by atoms with Crippen molar-refractivity contribution in [2.24, 2.45) is 0 Å². The summed E-state index contributed by atoms with van der Waals surface area (Å²) in [5, 5.41) is 1.69. The molecular weight excluding hydrogens is 226 g/mol. The highest BCUT2D eigenvalue weighted by atomic mass is 32.2. The van der Waals surface area contributed by atoms with Crippen molar-refractivity contribution in [1.29, 1.82) is 0 Å². The second-order valence-corrected chi connectivity index (χ2v) is 5.24. The smallest absolute Gasteiger partial charge is 0.242 e. The summed E-state index contributed by atoms with van der Waals surface area (Å²) in [6.45, 7) is 2.12. The maximum atomic E-state index is 11.9. The number of hydrazine groups is 1. The van der Waals surface area contributed by atoms with Crippen LogP contribution < -0.4 is 10.1 Å². The van der Waals surface area contributed by atoms with Crippen LogP contribution in [0, 0.1) is 0 Å². The largest absolute Gasteiger partial charge is 0.318 e. The van der Waals surface area contributed by atoms with E-state index >= 15 is 0 Å². The lowest BCUT2D eigenvalue weighted by Crippen LogP contribution is -2.26. The van der Waals surface area contributed by atoms with E-state index in [2.05, 4.69) is 10.1 Å². The van der Waals surface area contributed by atoms with Gasteiger partial charge in [-0.15, -0.1) is 0 Å². The summed E-state index contributed by atoms with van der Waals surface area (Å²) in [5.41, 5.74) is 3.52. The Balaban J connectivity index is 3.13. The first-order chi connectivity index (χ1) is 7.47. The average molecular weight is 243 g/mol.